The van der Waals surface area contributed by atoms with Crippen LogP contribution in [0.25, 0.3) is 0 Å². The molecule has 0 aliphatic heterocycles. The van der Waals surface area contributed by atoms with Gasteiger partial charge in [-0.3, -0.25) is 0 Å². The third-order valence-corrected chi connectivity index (χ3v) is 1.91. The van der Waals surface area contributed by atoms with Crippen molar-refractivity contribution in [2.45, 2.75) is 6.42 Å². The highest BCUT2D eigenvalue weighted by atomic mass is 32.1. The molecule has 0 N–H and O–H groups in total. The summed E-state index contributed by atoms with van der Waals surface area (Å²) >= 11 is 9.64. The molecule has 1 aliphatic rings. The van der Waals surface area contributed by atoms with Crippen LogP contribution in [0.5, 0.6) is 0 Å². The number of thiocarbonyl (C=S) groups is 2. The van der Waals surface area contributed by atoms with Crippen LogP contribution in [0.4, 0.5) is 0 Å². The second-order valence-electron chi connectivity index (χ2n) is 2.13. The number of allylic oxidation sites excluding steroid dienone is 6. The summed E-state index contributed by atoms with van der Waals surface area (Å²) in [6, 6.07) is 0. The smallest absolute Gasteiger partial charge is 0.0557 e. The lowest BCUT2D eigenvalue weighted by atomic mass is 10.0. The molecular weight excluding hydrogens is 172 g/mol. The molecule has 1 aliphatic carbocycles. The van der Waals surface area contributed by atoms with Crippen molar-refractivity contribution in [1.82, 2.24) is 0 Å². The summed E-state index contributed by atoms with van der Waals surface area (Å²) in [6.45, 7) is 0. The Kier molecular flexibility index (Phi) is 3.33. The van der Waals surface area contributed by atoms with Gasteiger partial charge in [0.05, 0.1) is 5.37 Å². The van der Waals surface area contributed by atoms with Crippen LogP contribution in [0.1, 0.15) is 6.42 Å². The van der Waals surface area contributed by atoms with Crippen LogP contribution < -0.4 is 0 Å². The van der Waals surface area contributed by atoms with Gasteiger partial charge in [0, 0.05) is 11.3 Å². The zero-order valence-electron chi connectivity index (χ0n) is 5.91. The predicted octanol–water partition coefficient (Wildman–Crippen LogP) is 2.68. The predicted molar refractivity (Wildman–Crippen MR) is 56.2 cm³/mol. The maximum atomic E-state index is 5.11. The Labute approximate surface area is 77.3 Å². The van der Waals surface area contributed by atoms with Gasteiger partial charge in [0.15, 0.2) is 0 Å². The van der Waals surface area contributed by atoms with E-state index in [1.165, 1.54) is 0 Å². The van der Waals surface area contributed by atoms with Crippen molar-refractivity contribution in [3.8, 4) is 0 Å². The average molecular weight is 179 g/mol. The van der Waals surface area contributed by atoms with E-state index in [1.54, 1.807) is 6.08 Å². The summed E-state index contributed by atoms with van der Waals surface area (Å²) in [5.41, 5.74) is 1.07. The molecule has 0 saturated heterocycles. The lowest BCUT2D eigenvalue weighted by Crippen LogP contribution is -1.98. The molecule has 1 rings (SSSR count). The molecule has 11 heavy (non-hydrogen) atoms. The largest absolute Gasteiger partial charge is 0.0839 e. The third kappa shape index (κ3) is 2.48. The molecule has 0 amide bonds. The molecule has 0 unspecified atom stereocenters. The van der Waals surface area contributed by atoms with Crippen molar-refractivity contribution < 1.29 is 0 Å². The molecule has 0 aromatic carbocycles. The van der Waals surface area contributed by atoms with E-state index in [1.807, 2.05) is 24.3 Å². The lowest BCUT2D eigenvalue weighted by molar-refractivity contribution is 1.47. The molecule has 0 fully saturated rings. The van der Waals surface area contributed by atoms with Crippen molar-refractivity contribution in [3.05, 3.63) is 36.0 Å². The Balaban J connectivity index is 2.76. The van der Waals surface area contributed by atoms with E-state index in [-0.39, 0.29) is 0 Å². The van der Waals surface area contributed by atoms with E-state index >= 15 is 0 Å². The zero-order chi connectivity index (χ0) is 8.10. The van der Waals surface area contributed by atoms with E-state index in [0.717, 1.165) is 16.9 Å². The first-order chi connectivity index (χ1) is 5.34. The molecule has 0 heterocycles. The molecular formula is C9H7S2. The second-order valence-corrected chi connectivity index (χ2v) is 2.86. The van der Waals surface area contributed by atoms with Gasteiger partial charge in [-0.25, -0.2) is 0 Å². The fourth-order valence-electron chi connectivity index (χ4n) is 0.830. The minimum absolute atomic E-state index is 0.864. The molecule has 55 valence electrons. The fraction of sp³-hybridized carbons (Fsp3) is 0.111. The Morgan fingerprint density at radius 3 is 3.00 bits per heavy atom. The maximum absolute atomic E-state index is 5.11. The Morgan fingerprint density at radius 2 is 2.36 bits per heavy atom. The number of hydrogen-bond donors (Lipinski definition) is 0. The molecule has 0 aromatic heterocycles. The zero-order valence-corrected chi connectivity index (χ0v) is 7.54. The molecule has 0 bridgehead atoms. The molecule has 0 spiro atoms. The maximum Gasteiger partial charge on any atom is 0.0557 e. The summed E-state index contributed by atoms with van der Waals surface area (Å²) in [4.78, 5) is 0.967. The van der Waals surface area contributed by atoms with Crippen molar-refractivity contribution >= 4 is 34.7 Å². The fourth-order valence-corrected chi connectivity index (χ4v) is 1.13. The second kappa shape index (κ2) is 4.31. The van der Waals surface area contributed by atoms with Gasteiger partial charge in [0.2, 0.25) is 0 Å². The number of rotatable bonds is 2. The highest BCUT2D eigenvalue weighted by molar-refractivity contribution is 7.81. The third-order valence-electron chi connectivity index (χ3n) is 1.37. The van der Waals surface area contributed by atoms with Crippen LogP contribution >= 0.6 is 24.4 Å². The summed E-state index contributed by atoms with van der Waals surface area (Å²) < 4.78 is 0. The van der Waals surface area contributed by atoms with Crippen LogP contribution in [0.2, 0.25) is 0 Å². The van der Waals surface area contributed by atoms with E-state index in [0.29, 0.717) is 0 Å². The summed E-state index contributed by atoms with van der Waals surface area (Å²) in [5.74, 6) is 0. The van der Waals surface area contributed by atoms with Crippen LogP contribution in [-0.4, -0.2) is 10.2 Å². The molecule has 0 nitrogen and oxygen atoms in total. The Bertz CT molecular complexity index is 257. The van der Waals surface area contributed by atoms with Gasteiger partial charge in [-0.15, -0.1) is 0 Å². The Hall–Kier alpha value is -0.600. The van der Waals surface area contributed by atoms with Gasteiger partial charge in [-0.05, 0) is 11.6 Å². The van der Waals surface area contributed by atoms with Gasteiger partial charge in [-0.2, -0.15) is 0 Å². The normalized spacial score (nSPS) is 17.1. The van der Waals surface area contributed by atoms with Crippen molar-refractivity contribution in [2.24, 2.45) is 0 Å². The first-order valence-electron chi connectivity index (χ1n) is 3.29. The minimum atomic E-state index is 0.864. The van der Waals surface area contributed by atoms with Gasteiger partial charge in [-0.1, -0.05) is 48.7 Å². The van der Waals surface area contributed by atoms with Gasteiger partial charge in [0.25, 0.3) is 0 Å². The van der Waals surface area contributed by atoms with Gasteiger partial charge in [0.1, 0.15) is 0 Å². The molecule has 2 heteroatoms. The van der Waals surface area contributed by atoms with Crippen LogP contribution in [-0.2, 0) is 0 Å². The minimum Gasteiger partial charge on any atom is -0.0839 e. The summed E-state index contributed by atoms with van der Waals surface area (Å²) in [7, 11) is 0. The van der Waals surface area contributed by atoms with E-state index < -0.39 is 0 Å². The van der Waals surface area contributed by atoms with Crippen LogP contribution in [0.3, 0.4) is 0 Å². The lowest BCUT2D eigenvalue weighted by Gasteiger charge is -2.03. The van der Waals surface area contributed by atoms with Gasteiger partial charge >= 0.3 is 0 Å². The Morgan fingerprint density at radius 1 is 1.55 bits per heavy atom. The highest BCUT2D eigenvalue weighted by Gasteiger charge is 2.00. The van der Waals surface area contributed by atoms with Gasteiger partial charge < -0.3 is 0 Å². The monoisotopic (exact) mass is 179 g/mol. The summed E-state index contributed by atoms with van der Waals surface area (Å²) in [5, 5.41) is 2.51. The average Bonchev–Trinajstić information content (AvgIpc) is 2.03. The van der Waals surface area contributed by atoms with Crippen molar-refractivity contribution in [2.75, 3.05) is 0 Å². The first kappa shape index (κ1) is 8.50. The van der Waals surface area contributed by atoms with E-state index in [4.69, 9.17) is 12.2 Å². The molecule has 0 saturated carbocycles. The standard InChI is InChI=1S/C9H7S2/c10-7-3-5-8-4-1-2-6-9(8)11/h1-5H,6H2. The van der Waals surface area contributed by atoms with E-state index in [2.05, 4.69) is 17.6 Å². The highest BCUT2D eigenvalue weighted by Crippen LogP contribution is 2.10. The quantitative estimate of drug-likeness (QED) is 0.472. The van der Waals surface area contributed by atoms with Crippen LogP contribution in [0, 0.1) is 0 Å². The number of hydrogen-bond acceptors (Lipinski definition) is 2. The topological polar surface area (TPSA) is 0 Å². The van der Waals surface area contributed by atoms with Crippen molar-refractivity contribution in [1.29, 1.82) is 0 Å². The molecule has 1 radical (unpaired) electrons. The molecule has 0 atom stereocenters. The van der Waals surface area contributed by atoms with Crippen LogP contribution in [0.15, 0.2) is 36.0 Å². The molecule has 0 aromatic rings. The van der Waals surface area contributed by atoms with E-state index in [9.17, 15) is 0 Å². The first-order valence-corrected chi connectivity index (χ1v) is 4.10. The summed E-state index contributed by atoms with van der Waals surface area (Å²) in [6.07, 6.45) is 10.5. The van der Waals surface area contributed by atoms with Crippen molar-refractivity contribution in [3.63, 3.8) is 0 Å². The SMILES string of the molecule is S=[C]C=CC1=CC=CCC1=S.